The molecule has 0 fully saturated rings. The van der Waals surface area contributed by atoms with E-state index in [1.807, 2.05) is 54.6 Å². The molecule has 4 heteroatoms. The average Bonchev–Trinajstić information content (AvgIpc) is 2.40. The first-order valence-corrected chi connectivity index (χ1v) is 7.06. The van der Waals surface area contributed by atoms with Crippen molar-refractivity contribution in [2.75, 3.05) is 0 Å². The van der Waals surface area contributed by atoms with Gasteiger partial charge in [0.1, 0.15) is 0 Å². The van der Waals surface area contributed by atoms with Gasteiger partial charge in [0, 0.05) is 0 Å². The quantitative estimate of drug-likeness (QED) is 0.642. The molecule has 0 aliphatic rings. The molecule has 0 saturated carbocycles. The van der Waals surface area contributed by atoms with Crippen LogP contribution < -0.4 is 0 Å². The van der Waals surface area contributed by atoms with Gasteiger partial charge in [-0.05, 0) is 0 Å². The third-order valence-corrected chi connectivity index (χ3v) is 3.50. The predicted octanol–water partition coefficient (Wildman–Crippen LogP) is 2.43. The topological polar surface area (TPSA) is 36.2 Å². The molecule has 0 saturated heterocycles. The Morgan fingerprint density at radius 1 is 0.833 bits per heavy atom. The van der Waals surface area contributed by atoms with E-state index in [0.29, 0.717) is 4.61 Å². The Bertz CT molecular complexity index is 592. The third-order valence-electron chi connectivity index (χ3n) is 2.39. The van der Waals surface area contributed by atoms with Gasteiger partial charge in [0.25, 0.3) is 0 Å². The van der Waals surface area contributed by atoms with Gasteiger partial charge in [0.2, 0.25) is 0 Å². The maximum atomic E-state index is 7.72. The number of rotatable bonds is 3. The second-order valence-corrected chi connectivity index (χ2v) is 5.30. The molecule has 2 aromatic rings. The molecule has 2 nitrogen and oxygen atoms in total. The summed E-state index contributed by atoms with van der Waals surface area (Å²) in [5, 5.41) is 7.72. The van der Waals surface area contributed by atoms with Crippen LogP contribution in [0.4, 0.5) is 5.69 Å². The number of nitrogens with zero attached hydrogens (tertiary/aromatic N) is 1. The zero-order valence-corrected chi connectivity index (χ0v) is 12.9. The van der Waals surface area contributed by atoms with Crippen LogP contribution in [0.1, 0.15) is 11.1 Å². The van der Waals surface area contributed by atoms with Crippen molar-refractivity contribution in [2.24, 2.45) is 4.99 Å². The van der Waals surface area contributed by atoms with Crippen molar-refractivity contribution in [1.29, 1.82) is 5.41 Å². The summed E-state index contributed by atoms with van der Waals surface area (Å²) in [4.78, 5) is 4.52. The van der Waals surface area contributed by atoms with E-state index in [1.54, 1.807) is 0 Å². The van der Waals surface area contributed by atoms with E-state index in [2.05, 4.69) is 37.0 Å². The Morgan fingerprint density at radius 3 is 2.00 bits per heavy atom. The molecule has 0 spiro atoms. The summed E-state index contributed by atoms with van der Waals surface area (Å²) in [5.41, 5.74) is 2.68. The van der Waals surface area contributed by atoms with Crippen molar-refractivity contribution < 1.29 is 0 Å². The Balaban J connectivity index is 2.43. The summed E-state index contributed by atoms with van der Waals surface area (Å²) in [6.45, 7) is 0. The van der Waals surface area contributed by atoms with Gasteiger partial charge >= 0.3 is 123 Å². The van der Waals surface area contributed by atoms with Crippen LogP contribution in [0.3, 0.4) is 0 Å². The minimum absolute atomic E-state index is 0.418. The molecule has 0 heterocycles. The predicted molar refractivity (Wildman–Crippen MR) is 77.4 cm³/mol. The molecule has 18 heavy (non-hydrogen) atoms. The number of para-hydroxylation sites is 1. The normalized spacial score (nSPS) is 11.2. The monoisotopic (exact) mass is 366 g/mol. The van der Waals surface area contributed by atoms with E-state index in [0.717, 1.165) is 21.4 Å². The van der Waals surface area contributed by atoms with Gasteiger partial charge in [-0.25, -0.2) is 0 Å². The molecule has 88 valence electrons. The maximum absolute atomic E-state index is 7.72. The summed E-state index contributed by atoms with van der Waals surface area (Å²) in [6.07, 6.45) is 0. The molecule has 0 amide bonds. The van der Waals surface area contributed by atoms with E-state index in [-0.39, 0.29) is 0 Å². The van der Waals surface area contributed by atoms with Crippen molar-refractivity contribution in [2.45, 2.75) is 0 Å². The van der Waals surface area contributed by atoms with E-state index in [9.17, 15) is 0 Å². The van der Waals surface area contributed by atoms with Crippen molar-refractivity contribution in [3.05, 3.63) is 65.7 Å². The van der Waals surface area contributed by atoms with Crippen LogP contribution in [0.2, 0.25) is 0 Å². The Labute approximate surface area is 123 Å². The second-order valence-electron chi connectivity index (χ2n) is 3.63. The van der Waals surface area contributed by atoms with Crippen LogP contribution >= 0.6 is 0 Å². The van der Waals surface area contributed by atoms with E-state index in [4.69, 9.17) is 5.41 Å². The van der Waals surface area contributed by atoms with Gasteiger partial charge in [0.05, 0.1) is 0 Å². The fourth-order valence-electron chi connectivity index (χ4n) is 1.55. The summed E-state index contributed by atoms with van der Waals surface area (Å²) >= 11 is 5.71. The number of benzene rings is 2. The summed E-state index contributed by atoms with van der Waals surface area (Å²) in [7, 11) is 0. The molecule has 1 N–H and O–H groups in total. The summed E-state index contributed by atoms with van der Waals surface area (Å²) < 4.78 is 1.21. The van der Waals surface area contributed by atoms with Crippen LogP contribution in [0.5, 0.6) is 0 Å². The van der Waals surface area contributed by atoms with Crippen LogP contribution in [-0.4, -0.2) is 41.2 Å². The van der Waals surface area contributed by atoms with Gasteiger partial charge in [-0.1, -0.05) is 0 Å². The van der Waals surface area contributed by atoms with Crippen molar-refractivity contribution in [1.82, 2.24) is 0 Å². The molecule has 2 radical (unpaired) electrons. The van der Waals surface area contributed by atoms with Crippen molar-refractivity contribution >= 4 is 46.9 Å². The number of hydrogen-bond acceptors (Lipinski definition) is 2. The summed E-state index contributed by atoms with van der Waals surface area (Å²) in [5.74, 6) is 0. The first-order valence-electron chi connectivity index (χ1n) is 5.34. The van der Waals surface area contributed by atoms with E-state index >= 15 is 0 Å². The first kappa shape index (κ1) is 13.3. The van der Waals surface area contributed by atoms with Crippen LogP contribution in [-0.2, 0) is 0 Å². The zero-order chi connectivity index (χ0) is 13.0. The second kappa shape index (κ2) is 6.12. The van der Waals surface area contributed by atoms with E-state index < -0.39 is 0 Å². The van der Waals surface area contributed by atoms with Crippen LogP contribution in [0.25, 0.3) is 0 Å². The van der Waals surface area contributed by atoms with Crippen LogP contribution in [0, 0.1) is 5.41 Å². The third kappa shape index (κ3) is 3.18. The zero-order valence-electron chi connectivity index (χ0n) is 9.46. The van der Waals surface area contributed by atoms with Gasteiger partial charge in [-0.2, -0.15) is 0 Å². The molecular formula is C14H10N2Se2. The Kier molecular flexibility index (Phi) is 4.51. The molecular weight excluding hydrogens is 354 g/mol. The standard InChI is InChI=1S/C14H10N2Se2/c15-13(17)11-8-4-5-9-12(11)14(18)16-10-6-2-1-3-7-10/h1-9,15H. The first-order chi connectivity index (χ1) is 8.68. The van der Waals surface area contributed by atoms with Crippen molar-refractivity contribution in [3.63, 3.8) is 0 Å². The Hall–Kier alpha value is -1.18. The number of nitrogens with one attached hydrogen (secondary N) is 1. The van der Waals surface area contributed by atoms with Crippen molar-refractivity contribution in [3.8, 4) is 0 Å². The van der Waals surface area contributed by atoms with E-state index in [1.165, 1.54) is 0 Å². The van der Waals surface area contributed by atoms with Gasteiger partial charge < -0.3 is 0 Å². The van der Waals surface area contributed by atoms with Crippen LogP contribution in [0.15, 0.2) is 59.6 Å². The SMILES string of the molecule is N=C([Se])c1ccccc1C([Se])=Nc1ccccc1. The Morgan fingerprint density at radius 2 is 1.39 bits per heavy atom. The molecule has 0 atom stereocenters. The molecule has 0 aliphatic heterocycles. The molecule has 0 unspecified atom stereocenters. The fourth-order valence-corrected chi connectivity index (χ4v) is 2.52. The molecule has 2 aromatic carbocycles. The molecule has 0 aromatic heterocycles. The number of aliphatic imine (C=N–C) groups is 1. The average molecular weight is 364 g/mol. The van der Waals surface area contributed by atoms with Gasteiger partial charge in [-0.15, -0.1) is 0 Å². The molecule has 0 aliphatic carbocycles. The van der Waals surface area contributed by atoms with Gasteiger partial charge in [-0.3, -0.25) is 0 Å². The fraction of sp³-hybridized carbons (Fsp3) is 0. The van der Waals surface area contributed by atoms with Gasteiger partial charge in [0.15, 0.2) is 0 Å². The molecule has 2 rings (SSSR count). The summed E-state index contributed by atoms with van der Waals surface area (Å²) in [6, 6.07) is 17.5. The minimum atomic E-state index is 0.418. The molecule has 0 bridgehead atoms. The number of hydrogen-bond donors (Lipinski definition) is 1.